The summed E-state index contributed by atoms with van der Waals surface area (Å²) >= 11 is 6.49. The van der Waals surface area contributed by atoms with Crippen molar-refractivity contribution in [2.24, 2.45) is 0 Å². The highest BCUT2D eigenvalue weighted by Crippen LogP contribution is 2.41. The molecular weight excluding hydrogens is 536 g/mol. The highest BCUT2D eigenvalue weighted by Gasteiger charge is 2.43. The monoisotopic (exact) mass is 570 g/mol. The molecule has 0 spiro atoms. The van der Waals surface area contributed by atoms with Crippen LogP contribution in [0.1, 0.15) is 25.3 Å². The van der Waals surface area contributed by atoms with Crippen LogP contribution in [0.4, 0.5) is 0 Å². The largest absolute Gasteiger partial charge is 0.466 e. The zero-order chi connectivity index (χ0) is 28.7. The average molecular weight is 571 g/mol. The Bertz CT molecular complexity index is 1090. The van der Waals surface area contributed by atoms with Gasteiger partial charge in [0.15, 0.2) is 0 Å². The molecule has 13 heteroatoms. The van der Waals surface area contributed by atoms with E-state index in [1.54, 1.807) is 38.1 Å². The van der Waals surface area contributed by atoms with Crippen molar-refractivity contribution in [3.05, 3.63) is 57.4 Å². The average Bonchev–Trinajstić information content (AvgIpc) is 2.92. The lowest BCUT2D eigenvalue weighted by Gasteiger charge is -2.40. The van der Waals surface area contributed by atoms with Crippen LogP contribution in [0.5, 0.6) is 0 Å². The molecule has 0 radical (unpaired) electrons. The number of benzene rings is 1. The van der Waals surface area contributed by atoms with Crippen molar-refractivity contribution in [2.75, 3.05) is 40.1 Å². The van der Waals surface area contributed by atoms with Crippen LogP contribution in [0.15, 0.2) is 46.8 Å². The minimum absolute atomic E-state index is 0.0722. The number of hydrogen-bond donors (Lipinski definition) is 6. The predicted octanol–water partition coefficient (Wildman–Crippen LogP) is -0.303. The van der Waals surface area contributed by atoms with Gasteiger partial charge in [0.05, 0.1) is 56.3 Å². The summed E-state index contributed by atoms with van der Waals surface area (Å²) in [7, 11) is 1.25. The smallest absolute Gasteiger partial charge is 0.336 e. The van der Waals surface area contributed by atoms with Gasteiger partial charge in [-0.2, -0.15) is 0 Å². The molecule has 2 unspecified atom stereocenters. The summed E-state index contributed by atoms with van der Waals surface area (Å²) in [5.41, 5.74) is 1.71. The second-order valence-corrected chi connectivity index (χ2v) is 9.39. The zero-order valence-electron chi connectivity index (χ0n) is 21.9. The number of halogens is 1. The molecule has 6 atom stereocenters. The normalized spacial score (nSPS) is 27.3. The summed E-state index contributed by atoms with van der Waals surface area (Å²) in [5.74, 6) is -2.16. The Morgan fingerprint density at radius 1 is 1.10 bits per heavy atom. The number of allylic oxidation sites excluding steroid dienone is 1. The second-order valence-electron chi connectivity index (χ2n) is 8.98. The molecule has 1 aromatic rings. The molecule has 216 valence electrons. The maximum atomic E-state index is 13.2. The van der Waals surface area contributed by atoms with Gasteiger partial charge in [-0.3, -0.25) is 5.32 Å². The number of carbonyl (C=O) groups excluding carboxylic acids is 2. The van der Waals surface area contributed by atoms with E-state index in [1.807, 2.05) is 0 Å². The van der Waals surface area contributed by atoms with E-state index >= 15 is 0 Å². The molecule has 1 aromatic carbocycles. The van der Waals surface area contributed by atoms with Crippen LogP contribution in [0.25, 0.3) is 0 Å². The van der Waals surface area contributed by atoms with Crippen molar-refractivity contribution in [1.82, 2.24) is 10.6 Å². The fourth-order valence-corrected chi connectivity index (χ4v) is 4.82. The number of nitrogens with one attached hydrogen (secondary N) is 2. The molecule has 12 nitrogen and oxygen atoms in total. The lowest BCUT2D eigenvalue weighted by atomic mass is 9.80. The minimum Gasteiger partial charge on any atom is -0.466 e. The molecule has 0 aromatic heterocycles. The summed E-state index contributed by atoms with van der Waals surface area (Å²) in [5, 5.41) is 45.6. The van der Waals surface area contributed by atoms with Gasteiger partial charge in [-0.15, -0.1) is 0 Å². The molecule has 0 bridgehead atoms. The van der Waals surface area contributed by atoms with Crippen LogP contribution in [-0.2, 0) is 28.5 Å². The van der Waals surface area contributed by atoms with E-state index < -0.39 is 55.1 Å². The Morgan fingerprint density at radius 3 is 2.46 bits per heavy atom. The number of aliphatic hydroxyl groups is 4. The summed E-state index contributed by atoms with van der Waals surface area (Å²) in [6.45, 7) is 3.08. The molecule has 2 aliphatic heterocycles. The fourth-order valence-electron chi connectivity index (χ4n) is 4.58. The lowest BCUT2D eigenvalue weighted by molar-refractivity contribution is -0.236. The SMILES string of the molecule is CCOC(=O)C1=C(COCCNC2O[C@@H](CO)[C@@H](O)[C@@H](O)[C@@H]2O)NC(C)=C(C(=O)OC)C1c1ccccc1Cl. The molecule has 0 aliphatic carbocycles. The van der Waals surface area contributed by atoms with Gasteiger partial charge in [0.2, 0.25) is 0 Å². The van der Waals surface area contributed by atoms with Gasteiger partial charge in [0, 0.05) is 17.3 Å². The minimum atomic E-state index is -1.50. The molecule has 1 saturated heterocycles. The molecule has 6 N–H and O–H groups in total. The summed E-state index contributed by atoms with van der Waals surface area (Å²) in [4.78, 5) is 26.0. The summed E-state index contributed by atoms with van der Waals surface area (Å²) in [6, 6.07) is 6.86. The summed E-state index contributed by atoms with van der Waals surface area (Å²) in [6.07, 6.45) is -6.47. The van der Waals surface area contributed by atoms with Crippen molar-refractivity contribution in [1.29, 1.82) is 0 Å². The first-order valence-electron chi connectivity index (χ1n) is 12.5. The number of ether oxygens (including phenoxy) is 4. The topological polar surface area (TPSA) is 176 Å². The number of methoxy groups -OCH3 is 1. The number of rotatable bonds is 11. The van der Waals surface area contributed by atoms with E-state index in [4.69, 9.17) is 30.5 Å². The van der Waals surface area contributed by atoms with E-state index in [2.05, 4.69) is 10.6 Å². The molecule has 0 saturated carbocycles. The number of dihydropyridines is 1. The quantitative estimate of drug-likeness (QED) is 0.151. The van der Waals surface area contributed by atoms with Gasteiger partial charge in [0.1, 0.15) is 30.6 Å². The highest BCUT2D eigenvalue weighted by molar-refractivity contribution is 6.31. The molecular formula is C26H35ClN2O10. The second kappa shape index (κ2) is 14.2. The van der Waals surface area contributed by atoms with Crippen molar-refractivity contribution >= 4 is 23.5 Å². The van der Waals surface area contributed by atoms with Crippen LogP contribution < -0.4 is 10.6 Å². The van der Waals surface area contributed by atoms with E-state index in [1.165, 1.54) is 7.11 Å². The van der Waals surface area contributed by atoms with Crippen LogP contribution >= 0.6 is 11.6 Å². The Labute approximate surface area is 231 Å². The van der Waals surface area contributed by atoms with Gasteiger partial charge in [-0.1, -0.05) is 29.8 Å². The Morgan fingerprint density at radius 2 is 1.82 bits per heavy atom. The number of hydrogen-bond acceptors (Lipinski definition) is 12. The molecule has 2 heterocycles. The van der Waals surface area contributed by atoms with Crippen molar-refractivity contribution in [3.8, 4) is 0 Å². The molecule has 39 heavy (non-hydrogen) atoms. The zero-order valence-corrected chi connectivity index (χ0v) is 22.7. The first-order chi connectivity index (χ1) is 18.7. The van der Waals surface area contributed by atoms with Crippen molar-refractivity contribution in [2.45, 2.75) is 50.4 Å². The fraction of sp³-hybridized carbons (Fsp3) is 0.538. The van der Waals surface area contributed by atoms with Gasteiger partial charge < -0.3 is 44.7 Å². The predicted molar refractivity (Wildman–Crippen MR) is 138 cm³/mol. The van der Waals surface area contributed by atoms with Gasteiger partial charge in [0.25, 0.3) is 0 Å². The van der Waals surface area contributed by atoms with E-state index in [9.17, 15) is 30.0 Å². The Balaban J connectivity index is 1.80. The van der Waals surface area contributed by atoms with Crippen LogP contribution in [0.2, 0.25) is 5.02 Å². The van der Waals surface area contributed by atoms with E-state index in [0.29, 0.717) is 22.0 Å². The molecule has 3 rings (SSSR count). The standard InChI is InChI=1S/C26H35ClN2O10/c1-4-38-26(35)20-16(12-37-10-9-28-24-23(33)22(32)21(31)17(11-30)39-24)29-13(2)18(25(34)36-3)19(20)14-7-5-6-8-15(14)27/h5-8,17,19,21-24,28-33H,4,9-12H2,1-3H3/t17-,19?,21+,22+,23-,24?/m0/s1. The van der Waals surface area contributed by atoms with Gasteiger partial charge in [-0.05, 0) is 25.5 Å². The van der Waals surface area contributed by atoms with E-state index in [0.717, 1.165) is 0 Å². The summed E-state index contributed by atoms with van der Waals surface area (Å²) < 4.78 is 21.5. The van der Waals surface area contributed by atoms with Gasteiger partial charge in [-0.25, -0.2) is 9.59 Å². The third-order valence-corrected chi connectivity index (χ3v) is 6.84. The third-order valence-electron chi connectivity index (χ3n) is 6.49. The highest BCUT2D eigenvalue weighted by atomic mass is 35.5. The third kappa shape index (κ3) is 6.97. The maximum Gasteiger partial charge on any atom is 0.336 e. The Hall–Kier alpha value is -2.55. The van der Waals surface area contributed by atoms with E-state index in [-0.39, 0.29) is 37.5 Å². The van der Waals surface area contributed by atoms with Crippen molar-refractivity contribution < 1.29 is 49.0 Å². The van der Waals surface area contributed by atoms with Crippen LogP contribution in [-0.4, -0.2) is 103 Å². The van der Waals surface area contributed by atoms with Crippen molar-refractivity contribution in [3.63, 3.8) is 0 Å². The first-order valence-corrected chi connectivity index (χ1v) is 12.9. The molecule has 1 fully saturated rings. The molecule has 2 aliphatic rings. The lowest BCUT2D eigenvalue weighted by Crippen LogP contribution is -2.62. The van der Waals surface area contributed by atoms with Gasteiger partial charge >= 0.3 is 11.9 Å². The Kier molecular flexibility index (Phi) is 11.3. The molecule has 0 amide bonds. The number of aliphatic hydroxyl groups excluding tert-OH is 4. The first kappa shape index (κ1) is 31.0. The van der Waals surface area contributed by atoms with Crippen LogP contribution in [0.3, 0.4) is 0 Å². The van der Waals surface area contributed by atoms with Crippen LogP contribution in [0, 0.1) is 0 Å². The number of esters is 2. The maximum absolute atomic E-state index is 13.2. The number of carbonyl (C=O) groups is 2.